The van der Waals surface area contributed by atoms with Gasteiger partial charge in [0.2, 0.25) is 15.9 Å². The molecule has 162 valence electrons. The summed E-state index contributed by atoms with van der Waals surface area (Å²) in [6.45, 7) is 6.85. The van der Waals surface area contributed by atoms with Crippen molar-refractivity contribution in [2.45, 2.75) is 24.3 Å². The summed E-state index contributed by atoms with van der Waals surface area (Å²) in [6.07, 6.45) is 1.14. The zero-order chi connectivity index (χ0) is 21.4. The van der Waals surface area contributed by atoms with Gasteiger partial charge in [0.15, 0.2) is 0 Å². The number of rotatable bonds is 9. The predicted molar refractivity (Wildman–Crippen MR) is 117 cm³/mol. The molecule has 3 rings (SSSR count). The maximum atomic E-state index is 12.1. The Morgan fingerprint density at radius 2 is 1.53 bits per heavy atom. The van der Waals surface area contributed by atoms with Crippen LogP contribution >= 0.6 is 0 Å². The predicted octanol–water partition coefficient (Wildman–Crippen LogP) is 1.20. The lowest BCUT2D eigenvalue weighted by Crippen LogP contribution is -2.46. The molecular weight excluding hydrogens is 400 g/mol. The number of primary sulfonamides is 1. The lowest BCUT2D eigenvalue weighted by molar-refractivity contribution is -0.120. The van der Waals surface area contributed by atoms with E-state index >= 15 is 0 Å². The molecule has 8 heteroatoms. The van der Waals surface area contributed by atoms with Crippen molar-refractivity contribution < 1.29 is 13.2 Å². The largest absolute Gasteiger partial charge is 0.356 e. The van der Waals surface area contributed by atoms with Crippen LogP contribution in [-0.4, -0.2) is 63.4 Å². The Hall–Kier alpha value is -2.26. The van der Waals surface area contributed by atoms with Gasteiger partial charge in [-0.3, -0.25) is 9.69 Å². The van der Waals surface area contributed by atoms with Crippen molar-refractivity contribution in [3.05, 3.63) is 65.7 Å². The van der Waals surface area contributed by atoms with Crippen LogP contribution in [0.5, 0.6) is 0 Å². The Bertz CT molecular complexity index is 909. The second-order valence-corrected chi connectivity index (χ2v) is 9.23. The molecule has 2 aromatic carbocycles. The first-order valence-electron chi connectivity index (χ1n) is 10.3. The third-order valence-corrected chi connectivity index (χ3v) is 6.23. The summed E-state index contributed by atoms with van der Waals surface area (Å²) in [7, 11) is -3.70. The van der Waals surface area contributed by atoms with E-state index in [4.69, 9.17) is 5.14 Å². The molecule has 1 saturated heterocycles. The molecule has 3 N–H and O–H groups in total. The Kier molecular flexibility index (Phi) is 7.98. The second kappa shape index (κ2) is 10.7. The van der Waals surface area contributed by atoms with E-state index in [1.165, 1.54) is 17.7 Å². The van der Waals surface area contributed by atoms with Crippen molar-refractivity contribution in [1.82, 2.24) is 15.1 Å². The van der Waals surface area contributed by atoms with E-state index in [1.54, 1.807) is 12.1 Å². The highest BCUT2D eigenvalue weighted by Gasteiger charge is 2.16. The number of carbonyl (C=O) groups excluding carboxylic acids is 1. The van der Waals surface area contributed by atoms with E-state index in [1.807, 2.05) is 6.07 Å². The number of nitrogens with two attached hydrogens (primary N) is 1. The van der Waals surface area contributed by atoms with Crippen molar-refractivity contribution in [2.24, 2.45) is 5.14 Å². The number of amides is 1. The maximum Gasteiger partial charge on any atom is 0.238 e. The molecule has 7 nitrogen and oxygen atoms in total. The summed E-state index contributed by atoms with van der Waals surface area (Å²) in [4.78, 5) is 17.1. The Balaban J connectivity index is 1.29. The van der Waals surface area contributed by atoms with Gasteiger partial charge in [0.1, 0.15) is 0 Å². The molecule has 0 aromatic heterocycles. The van der Waals surface area contributed by atoms with Gasteiger partial charge in [-0.15, -0.1) is 0 Å². The van der Waals surface area contributed by atoms with Gasteiger partial charge in [-0.1, -0.05) is 42.5 Å². The number of nitrogens with one attached hydrogen (secondary N) is 1. The van der Waals surface area contributed by atoms with Crippen molar-refractivity contribution in [3.63, 3.8) is 0 Å². The smallest absolute Gasteiger partial charge is 0.238 e. The average Bonchev–Trinajstić information content (AvgIpc) is 2.73. The monoisotopic (exact) mass is 430 g/mol. The van der Waals surface area contributed by atoms with Crippen LogP contribution in [0.2, 0.25) is 0 Å². The van der Waals surface area contributed by atoms with Gasteiger partial charge in [0.25, 0.3) is 0 Å². The number of nitrogens with zero attached hydrogens (tertiary/aromatic N) is 2. The minimum Gasteiger partial charge on any atom is -0.356 e. The number of sulfonamides is 1. The fourth-order valence-corrected chi connectivity index (χ4v) is 4.10. The van der Waals surface area contributed by atoms with E-state index in [-0.39, 0.29) is 17.2 Å². The molecule has 0 bridgehead atoms. The van der Waals surface area contributed by atoms with Gasteiger partial charge in [0, 0.05) is 39.3 Å². The minimum atomic E-state index is -3.70. The van der Waals surface area contributed by atoms with Gasteiger partial charge in [-0.25, -0.2) is 13.6 Å². The highest BCUT2D eigenvalue weighted by Crippen LogP contribution is 2.10. The molecule has 1 fully saturated rings. The van der Waals surface area contributed by atoms with Crippen molar-refractivity contribution in [1.29, 1.82) is 0 Å². The van der Waals surface area contributed by atoms with Crippen LogP contribution in [0.4, 0.5) is 0 Å². The van der Waals surface area contributed by atoms with Gasteiger partial charge >= 0.3 is 0 Å². The highest BCUT2D eigenvalue weighted by atomic mass is 32.2. The van der Waals surface area contributed by atoms with Gasteiger partial charge in [-0.05, 0) is 36.2 Å². The summed E-state index contributed by atoms with van der Waals surface area (Å²) in [5, 5.41) is 8.02. The van der Waals surface area contributed by atoms with Crippen LogP contribution in [0.15, 0.2) is 59.5 Å². The van der Waals surface area contributed by atoms with Crippen molar-refractivity contribution in [3.8, 4) is 0 Å². The molecule has 1 aliphatic rings. The quantitative estimate of drug-likeness (QED) is 0.583. The number of benzene rings is 2. The number of hydrogen-bond donors (Lipinski definition) is 2. The number of carbonyl (C=O) groups is 1. The first-order valence-corrected chi connectivity index (χ1v) is 11.8. The lowest BCUT2D eigenvalue weighted by atomic mass is 10.1. The van der Waals surface area contributed by atoms with E-state index in [0.717, 1.165) is 51.3 Å². The Labute approximate surface area is 178 Å². The molecule has 1 aliphatic heterocycles. The molecule has 1 heterocycles. The van der Waals surface area contributed by atoms with E-state index in [9.17, 15) is 13.2 Å². The normalized spacial score (nSPS) is 15.8. The van der Waals surface area contributed by atoms with E-state index < -0.39 is 10.0 Å². The average molecular weight is 431 g/mol. The summed E-state index contributed by atoms with van der Waals surface area (Å²) >= 11 is 0. The van der Waals surface area contributed by atoms with Gasteiger partial charge in [0.05, 0.1) is 11.3 Å². The van der Waals surface area contributed by atoms with E-state index in [2.05, 4.69) is 39.4 Å². The molecule has 1 amide bonds. The molecule has 30 heavy (non-hydrogen) atoms. The fraction of sp³-hybridized carbons (Fsp3) is 0.409. The van der Waals surface area contributed by atoms with Gasteiger partial charge < -0.3 is 10.2 Å². The number of piperazine rings is 1. The van der Waals surface area contributed by atoms with Gasteiger partial charge in [-0.2, -0.15) is 0 Å². The van der Waals surface area contributed by atoms with Crippen LogP contribution in [0.1, 0.15) is 17.5 Å². The first-order chi connectivity index (χ1) is 14.4. The summed E-state index contributed by atoms with van der Waals surface area (Å²) < 4.78 is 22.5. The summed E-state index contributed by atoms with van der Waals surface area (Å²) in [5.74, 6) is -0.0639. The standard InChI is InChI=1S/C22H30N4O3S/c23-30(28,29)21-9-7-19(8-10-21)17-22(27)24-11-4-12-25-13-15-26(16-14-25)18-20-5-2-1-3-6-20/h1-3,5-10H,4,11-18H2,(H,24,27)(H2,23,28,29). The zero-order valence-corrected chi connectivity index (χ0v) is 18.0. The molecule has 0 radical (unpaired) electrons. The van der Waals surface area contributed by atoms with Crippen LogP contribution in [-0.2, 0) is 27.8 Å². The van der Waals surface area contributed by atoms with Crippen molar-refractivity contribution in [2.75, 3.05) is 39.3 Å². The lowest BCUT2D eigenvalue weighted by Gasteiger charge is -2.34. The summed E-state index contributed by atoms with van der Waals surface area (Å²) in [5.41, 5.74) is 2.11. The third-order valence-electron chi connectivity index (χ3n) is 5.30. The highest BCUT2D eigenvalue weighted by molar-refractivity contribution is 7.89. The molecular formula is C22H30N4O3S. The van der Waals surface area contributed by atoms with Crippen LogP contribution in [0, 0.1) is 0 Å². The SMILES string of the molecule is NS(=O)(=O)c1ccc(CC(=O)NCCCN2CCN(Cc3ccccc3)CC2)cc1. The maximum absolute atomic E-state index is 12.1. The van der Waals surface area contributed by atoms with E-state index in [0.29, 0.717) is 6.54 Å². The first kappa shape index (κ1) is 22.4. The van der Waals surface area contributed by atoms with Crippen LogP contribution in [0.3, 0.4) is 0 Å². The molecule has 2 aromatic rings. The molecule has 0 unspecified atom stereocenters. The van der Waals surface area contributed by atoms with Crippen LogP contribution < -0.4 is 10.5 Å². The van der Waals surface area contributed by atoms with Crippen LogP contribution in [0.25, 0.3) is 0 Å². The van der Waals surface area contributed by atoms with Crippen molar-refractivity contribution >= 4 is 15.9 Å². The Morgan fingerprint density at radius 3 is 2.17 bits per heavy atom. The Morgan fingerprint density at radius 1 is 0.900 bits per heavy atom. The fourth-order valence-electron chi connectivity index (χ4n) is 3.59. The molecule has 0 atom stereocenters. The number of hydrogen-bond acceptors (Lipinski definition) is 5. The second-order valence-electron chi connectivity index (χ2n) is 7.67. The summed E-state index contributed by atoms with van der Waals surface area (Å²) in [6, 6.07) is 16.6. The molecule has 0 aliphatic carbocycles. The minimum absolute atomic E-state index is 0.0514. The topological polar surface area (TPSA) is 95.7 Å². The molecule has 0 spiro atoms. The third kappa shape index (κ3) is 7.21. The molecule has 0 saturated carbocycles. The zero-order valence-electron chi connectivity index (χ0n) is 17.2.